The molecule has 0 saturated carbocycles. The Hall–Kier alpha value is -2.76. The number of hydrogen-bond donors (Lipinski definition) is 3. The molecule has 1 unspecified atom stereocenters. The highest BCUT2D eigenvalue weighted by atomic mass is 19.1. The van der Waals surface area contributed by atoms with E-state index in [4.69, 9.17) is 10.5 Å². The Morgan fingerprint density at radius 2 is 1.95 bits per heavy atom. The quantitative estimate of drug-likeness (QED) is 0.788. The molecule has 0 aliphatic rings. The minimum absolute atomic E-state index is 0.246. The lowest BCUT2D eigenvalue weighted by Gasteiger charge is -2.17. The molecular weight excluding hydrogens is 275 g/mol. The molecule has 6 heteroatoms. The highest BCUT2D eigenvalue weighted by Crippen LogP contribution is 2.25. The standard InChI is InChI=1S/C15H15FN2O3/c1-21-13-4-2-11(3-5-13)18-14(15(17)20)9-6-10(16)8-12(19)7-9/h2-8,14,18-19H,1H3,(H2,17,20). The van der Waals surface area contributed by atoms with E-state index in [1.165, 1.54) is 6.07 Å². The molecule has 4 N–H and O–H groups in total. The van der Waals surface area contributed by atoms with Gasteiger partial charge in [-0.3, -0.25) is 4.79 Å². The largest absolute Gasteiger partial charge is 0.508 e. The normalized spacial score (nSPS) is 11.7. The minimum Gasteiger partial charge on any atom is -0.508 e. The second kappa shape index (κ2) is 6.13. The molecular formula is C15H15FN2O3. The average Bonchev–Trinajstić information content (AvgIpc) is 2.44. The van der Waals surface area contributed by atoms with E-state index in [0.29, 0.717) is 11.4 Å². The first-order valence-corrected chi connectivity index (χ1v) is 6.19. The van der Waals surface area contributed by atoms with Crippen LogP contribution in [0.4, 0.5) is 10.1 Å². The number of ether oxygens (including phenoxy) is 1. The first-order chi connectivity index (χ1) is 9.99. The van der Waals surface area contributed by atoms with Gasteiger partial charge in [0.15, 0.2) is 0 Å². The Kier molecular flexibility index (Phi) is 4.27. The van der Waals surface area contributed by atoms with Gasteiger partial charge in [0.1, 0.15) is 23.4 Å². The molecule has 0 saturated heterocycles. The van der Waals surface area contributed by atoms with Crippen molar-refractivity contribution in [2.24, 2.45) is 5.73 Å². The SMILES string of the molecule is COc1ccc(NC(C(N)=O)c2cc(O)cc(F)c2)cc1. The van der Waals surface area contributed by atoms with Crippen molar-refractivity contribution in [3.8, 4) is 11.5 Å². The third kappa shape index (κ3) is 3.62. The van der Waals surface area contributed by atoms with Crippen molar-refractivity contribution in [2.45, 2.75) is 6.04 Å². The average molecular weight is 290 g/mol. The van der Waals surface area contributed by atoms with Gasteiger partial charge in [-0.2, -0.15) is 0 Å². The van der Waals surface area contributed by atoms with Crippen molar-refractivity contribution in [3.05, 3.63) is 53.8 Å². The van der Waals surface area contributed by atoms with Crippen LogP contribution in [-0.4, -0.2) is 18.1 Å². The summed E-state index contributed by atoms with van der Waals surface area (Å²) in [5.41, 5.74) is 6.20. The zero-order chi connectivity index (χ0) is 15.4. The number of methoxy groups -OCH3 is 1. The van der Waals surface area contributed by atoms with Crippen LogP contribution < -0.4 is 15.8 Å². The predicted molar refractivity (Wildman–Crippen MR) is 76.6 cm³/mol. The zero-order valence-corrected chi connectivity index (χ0v) is 11.3. The van der Waals surface area contributed by atoms with Crippen molar-refractivity contribution < 1.29 is 19.0 Å². The van der Waals surface area contributed by atoms with E-state index in [1.807, 2.05) is 0 Å². The Bertz CT molecular complexity index is 624. The molecule has 2 aromatic rings. The lowest BCUT2D eigenvalue weighted by atomic mass is 10.1. The van der Waals surface area contributed by atoms with Gasteiger partial charge in [0, 0.05) is 11.8 Å². The second-order valence-corrected chi connectivity index (χ2v) is 4.45. The van der Waals surface area contributed by atoms with Crippen LogP contribution in [-0.2, 0) is 4.79 Å². The minimum atomic E-state index is -0.958. The van der Waals surface area contributed by atoms with Gasteiger partial charge in [0.2, 0.25) is 5.91 Å². The van der Waals surface area contributed by atoms with Crippen molar-refractivity contribution in [1.82, 2.24) is 0 Å². The molecule has 2 aromatic carbocycles. The summed E-state index contributed by atoms with van der Waals surface area (Å²) in [5, 5.41) is 12.3. The number of hydrogen-bond acceptors (Lipinski definition) is 4. The highest BCUT2D eigenvalue weighted by Gasteiger charge is 2.19. The molecule has 5 nitrogen and oxygen atoms in total. The number of benzene rings is 2. The molecule has 0 radical (unpaired) electrons. The smallest absolute Gasteiger partial charge is 0.244 e. The Balaban J connectivity index is 2.28. The molecule has 1 atom stereocenters. The molecule has 0 aliphatic carbocycles. The van der Waals surface area contributed by atoms with Gasteiger partial charge in [0.05, 0.1) is 7.11 Å². The summed E-state index contributed by atoms with van der Waals surface area (Å²) in [6, 6.07) is 9.25. The lowest BCUT2D eigenvalue weighted by molar-refractivity contribution is -0.118. The predicted octanol–water partition coefficient (Wildman–Crippen LogP) is 2.18. The maximum atomic E-state index is 13.3. The number of phenolic OH excluding ortho intramolecular Hbond substituents is 1. The summed E-state index contributed by atoms with van der Waals surface area (Å²) in [5.74, 6) is -0.934. The van der Waals surface area contributed by atoms with E-state index in [-0.39, 0.29) is 11.3 Å². The van der Waals surface area contributed by atoms with E-state index in [1.54, 1.807) is 31.4 Å². The van der Waals surface area contributed by atoms with Gasteiger partial charge in [-0.05, 0) is 42.0 Å². The summed E-state index contributed by atoms with van der Waals surface area (Å²) < 4.78 is 18.4. The fourth-order valence-electron chi connectivity index (χ4n) is 1.94. The molecule has 0 heterocycles. The van der Waals surface area contributed by atoms with Crippen LogP contribution in [0.25, 0.3) is 0 Å². The van der Waals surface area contributed by atoms with Gasteiger partial charge in [-0.1, -0.05) is 0 Å². The Labute approximate surface area is 121 Å². The topological polar surface area (TPSA) is 84.6 Å². The molecule has 1 amide bonds. The van der Waals surface area contributed by atoms with Gasteiger partial charge >= 0.3 is 0 Å². The van der Waals surface area contributed by atoms with Crippen LogP contribution in [0.5, 0.6) is 11.5 Å². The number of carbonyl (C=O) groups is 1. The van der Waals surface area contributed by atoms with E-state index >= 15 is 0 Å². The molecule has 0 spiro atoms. The van der Waals surface area contributed by atoms with Crippen LogP contribution in [0.1, 0.15) is 11.6 Å². The monoisotopic (exact) mass is 290 g/mol. The first-order valence-electron chi connectivity index (χ1n) is 6.19. The number of aromatic hydroxyl groups is 1. The summed E-state index contributed by atoms with van der Waals surface area (Å²) >= 11 is 0. The van der Waals surface area contributed by atoms with Gasteiger partial charge in [0.25, 0.3) is 0 Å². The second-order valence-electron chi connectivity index (χ2n) is 4.45. The maximum Gasteiger partial charge on any atom is 0.244 e. The zero-order valence-electron chi connectivity index (χ0n) is 11.3. The Morgan fingerprint density at radius 1 is 1.29 bits per heavy atom. The third-order valence-corrected chi connectivity index (χ3v) is 2.92. The summed E-state index contributed by atoms with van der Waals surface area (Å²) in [7, 11) is 1.55. The number of carbonyl (C=O) groups excluding carboxylic acids is 1. The van der Waals surface area contributed by atoms with Crippen LogP contribution >= 0.6 is 0 Å². The van der Waals surface area contributed by atoms with E-state index in [2.05, 4.69) is 5.32 Å². The molecule has 0 aromatic heterocycles. The van der Waals surface area contributed by atoms with Gasteiger partial charge in [-0.25, -0.2) is 4.39 Å². The lowest BCUT2D eigenvalue weighted by Crippen LogP contribution is -2.27. The van der Waals surface area contributed by atoms with Crippen molar-refractivity contribution in [2.75, 3.05) is 12.4 Å². The fraction of sp³-hybridized carbons (Fsp3) is 0.133. The Morgan fingerprint density at radius 3 is 2.48 bits per heavy atom. The molecule has 110 valence electrons. The number of primary amides is 1. The maximum absolute atomic E-state index is 13.3. The molecule has 0 fully saturated rings. The van der Waals surface area contributed by atoms with Crippen LogP contribution in [0.15, 0.2) is 42.5 Å². The summed E-state index contributed by atoms with van der Waals surface area (Å²) in [4.78, 5) is 11.6. The first kappa shape index (κ1) is 14.6. The van der Waals surface area contributed by atoms with Crippen LogP contribution in [0.3, 0.4) is 0 Å². The summed E-state index contributed by atoms with van der Waals surface area (Å²) in [6.07, 6.45) is 0. The third-order valence-electron chi connectivity index (χ3n) is 2.92. The highest BCUT2D eigenvalue weighted by molar-refractivity contribution is 5.84. The van der Waals surface area contributed by atoms with Gasteiger partial charge in [-0.15, -0.1) is 0 Å². The van der Waals surface area contributed by atoms with Crippen molar-refractivity contribution in [3.63, 3.8) is 0 Å². The number of nitrogens with two attached hydrogens (primary N) is 1. The molecule has 0 aliphatic heterocycles. The number of amides is 1. The number of rotatable bonds is 5. The molecule has 2 rings (SSSR count). The van der Waals surface area contributed by atoms with Crippen molar-refractivity contribution in [1.29, 1.82) is 0 Å². The van der Waals surface area contributed by atoms with E-state index in [9.17, 15) is 14.3 Å². The number of anilines is 1. The van der Waals surface area contributed by atoms with E-state index < -0.39 is 17.8 Å². The number of halogens is 1. The number of nitrogens with one attached hydrogen (secondary N) is 1. The molecule has 21 heavy (non-hydrogen) atoms. The molecule has 0 bridgehead atoms. The van der Waals surface area contributed by atoms with Crippen LogP contribution in [0, 0.1) is 5.82 Å². The van der Waals surface area contributed by atoms with Crippen LogP contribution in [0.2, 0.25) is 0 Å². The van der Waals surface area contributed by atoms with Crippen molar-refractivity contribution >= 4 is 11.6 Å². The van der Waals surface area contributed by atoms with E-state index in [0.717, 1.165) is 12.1 Å². The number of phenols is 1. The summed E-state index contributed by atoms with van der Waals surface area (Å²) in [6.45, 7) is 0. The van der Waals surface area contributed by atoms with Gasteiger partial charge < -0.3 is 20.9 Å². The fourth-order valence-corrected chi connectivity index (χ4v) is 1.94.